The van der Waals surface area contributed by atoms with Crippen molar-refractivity contribution in [3.63, 3.8) is 0 Å². The first-order chi connectivity index (χ1) is 4.57. The fourth-order valence-electron chi connectivity index (χ4n) is 0.547. The second-order valence-corrected chi connectivity index (χ2v) is 2.36. The Balaban J connectivity index is 4.35. The summed E-state index contributed by atoms with van der Waals surface area (Å²) in [4.78, 5) is 0. The van der Waals surface area contributed by atoms with Crippen molar-refractivity contribution in [1.29, 1.82) is 0 Å². The van der Waals surface area contributed by atoms with Crippen molar-refractivity contribution in [3.05, 3.63) is 35.1 Å². The summed E-state index contributed by atoms with van der Waals surface area (Å²) in [5.41, 5.74) is 0.816. The van der Waals surface area contributed by atoms with E-state index in [4.69, 9.17) is 16.7 Å². The predicted molar refractivity (Wildman–Crippen MR) is 45.1 cm³/mol. The van der Waals surface area contributed by atoms with Crippen LogP contribution in [0.5, 0.6) is 0 Å². The summed E-state index contributed by atoms with van der Waals surface area (Å²) in [6.07, 6.45) is 3.28. The van der Waals surface area contributed by atoms with Gasteiger partial charge in [-0.1, -0.05) is 24.3 Å². The van der Waals surface area contributed by atoms with Crippen LogP contribution in [0.2, 0.25) is 0 Å². The summed E-state index contributed by atoms with van der Waals surface area (Å²) in [7, 11) is 0. The number of allylic oxidation sites excluding steroid dienone is 4. The highest BCUT2D eigenvalue weighted by Gasteiger charge is 1.92. The van der Waals surface area contributed by atoms with E-state index in [-0.39, 0.29) is 5.76 Å². The second-order valence-electron chi connectivity index (χ2n) is 1.96. The Kier molecular flexibility index (Phi) is 3.89. The lowest BCUT2D eigenvalue weighted by molar-refractivity contribution is 0.435. The maximum atomic E-state index is 8.71. The molecule has 0 aromatic heterocycles. The van der Waals surface area contributed by atoms with Gasteiger partial charge in [0.2, 0.25) is 0 Å². The molecule has 0 bridgehead atoms. The van der Waals surface area contributed by atoms with E-state index in [1.807, 2.05) is 13.8 Å². The molecule has 0 aromatic carbocycles. The lowest BCUT2D eigenvalue weighted by Crippen LogP contribution is -1.77. The van der Waals surface area contributed by atoms with Gasteiger partial charge in [0.15, 0.2) is 0 Å². The molecule has 0 aromatic rings. The van der Waals surface area contributed by atoms with Gasteiger partial charge >= 0.3 is 0 Å². The number of hydrogen-bond donors (Lipinski definition) is 1. The fraction of sp³-hybridized carbons (Fsp3) is 0.250. The summed E-state index contributed by atoms with van der Waals surface area (Å²) in [5, 5.41) is 9.34. The second kappa shape index (κ2) is 4.18. The summed E-state index contributed by atoms with van der Waals surface area (Å²) in [6.45, 7) is 6.95. The van der Waals surface area contributed by atoms with E-state index >= 15 is 0 Å². The molecule has 0 radical (unpaired) electrons. The standard InChI is InChI=1S/C8H11ClO/c1-4-8(9)6(2)5-7(3)10/h4-5,10H,3H2,1-2H3/b6-5-,8-4+. The van der Waals surface area contributed by atoms with Crippen molar-refractivity contribution in [1.82, 2.24) is 0 Å². The van der Waals surface area contributed by atoms with Crippen molar-refractivity contribution >= 4 is 11.6 Å². The first kappa shape index (κ1) is 9.31. The molecule has 1 nitrogen and oxygen atoms in total. The van der Waals surface area contributed by atoms with E-state index in [9.17, 15) is 0 Å². The van der Waals surface area contributed by atoms with Gasteiger partial charge in [-0.3, -0.25) is 0 Å². The Labute approximate surface area is 66.3 Å². The quantitative estimate of drug-likeness (QED) is 0.484. The Morgan fingerprint density at radius 2 is 2.10 bits per heavy atom. The van der Waals surface area contributed by atoms with Gasteiger partial charge in [-0.15, -0.1) is 0 Å². The molecule has 0 spiro atoms. The van der Waals surface area contributed by atoms with Crippen LogP contribution in [0.4, 0.5) is 0 Å². The van der Waals surface area contributed by atoms with Crippen LogP contribution in [0.25, 0.3) is 0 Å². The van der Waals surface area contributed by atoms with Gasteiger partial charge in [-0.05, 0) is 25.5 Å². The number of aliphatic hydroxyl groups excluding tert-OH is 1. The highest BCUT2D eigenvalue weighted by Crippen LogP contribution is 2.14. The molecule has 0 aliphatic carbocycles. The lowest BCUT2D eigenvalue weighted by atomic mass is 10.2. The molecule has 0 saturated heterocycles. The number of aliphatic hydroxyl groups is 1. The number of halogens is 1. The van der Waals surface area contributed by atoms with Crippen LogP contribution in [-0.4, -0.2) is 5.11 Å². The van der Waals surface area contributed by atoms with E-state index < -0.39 is 0 Å². The summed E-state index contributed by atoms with van der Waals surface area (Å²) in [5.74, 6) is 0.0255. The Hall–Kier alpha value is -0.690. The van der Waals surface area contributed by atoms with Crippen molar-refractivity contribution in [2.45, 2.75) is 13.8 Å². The zero-order valence-corrected chi connectivity index (χ0v) is 6.94. The molecule has 2 heteroatoms. The van der Waals surface area contributed by atoms with Crippen molar-refractivity contribution in [2.75, 3.05) is 0 Å². The van der Waals surface area contributed by atoms with Gasteiger partial charge in [0.25, 0.3) is 0 Å². The van der Waals surface area contributed by atoms with E-state index in [1.54, 1.807) is 6.08 Å². The van der Waals surface area contributed by atoms with Crippen LogP contribution in [0.1, 0.15) is 13.8 Å². The Morgan fingerprint density at radius 3 is 2.40 bits per heavy atom. The molecular formula is C8H11ClO. The first-order valence-corrected chi connectivity index (χ1v) is 3.34. The zero-order chi connectivity index (χ0) is 8.15. The minimum atomic E-state index is 0.0255. The van der Waals surface area contributed by atoms with Crippen LogP contribution in [0.3, 0.4) is 0 Å². The predicted octanol–water partition coefficient (Wildman–Crippen LogP) is 3.15. The van der Waals surface area contributed by atoms with Gasteiger partial charge in [0.1, 0.15) is 5.76 Å². The minimum absolute atomic E-state index is 0.0255. The molecule has 0 fully saturated rings. The van der Waals surface area contributed by atoms with E-state index in [0.29, 0.717) is 5.03 Å². The molecule has 0 unspecified atom stereocenters. The molecular weight excluding hydrogens is 148 g/mol. The topological polar surface area (TPSA) is 20.2 Å². The van der Waals surface area contributed by atoms with E-state index in [2.05, 4.69) is 6.58 Å². The van der Waals surface area contributed by atoms with E-state index in [1.165, 1.54) is 6.08 Å². The van der Waals surface area contributed by atoms with Gasteiger partial charge in [0, 0.05) is 5.03 Å². The van der Waals surface area contributed by atoms with Gasteiger partial charge in [-0.25, -0.2) is 0 Å². The molecule has 0 amide bonds. The smallest absolute Gasteiger partial charge is 0.108 e. The normalized spacial score (nSPS) is 13.5. The van der Waals surface area contributed by atoms with Crippen molar-refractivity contribution in [2.24, 2.45) is 0 Å². The van der Waals surface area contributed by atoms with Crippen LogP contribution >= 0.6 is 11.6 Å². The molecule has 0 aliphatic rings. The van der Waals surface area contributed by atoms with Crippen LogP contribution < -0.4 is 0 Å². The average molecular weight is 159 g/mol. The zero-order valence-electron chi connectivity index (χ0n) is 6.19. The molecule has 10 heavy (non-hydrogen) atoms. The number of rotatable bonds is 2. The third-order valence-corrected chi connectivity index (χ3v) is 1.53. The summed E-state index contributed by atoms with van der Waals surface area (Å²) < 4.78 is 0. The molecule has 0 rings (SSSR count). The average Bonchev–Trinajstić information content (AvgIpc) is 1.85. The molecule has 0 atom stereocenters. The fourth-order valence-corrected chi connectivity index (χ4v) is 0.601. The maximum absolute atomic E-state index is 8.71. The lowest BCUT2D eigenvalue weighted by Gasteiger charge is -1.95. The Bertz CT molecular complexity index is 189. The Morgan fingerprint density at radius 1 is 1.60 bits per heavy atom. The highest BCUT2D eigenvalue weighted by atomic mass is 35.5. The molecule has 0 saturated carbocycles. The first-order valence-electron chi connectivity index (χ1n) is 2.96. The number of hydrogen-bond acceptors (Lipinski definition) is 1. The summed E-state index contributed by atoms with van der Waals surface area (Å²) >= 11 is 5.70. The highest BCUT2D eigenvalue weighted by molar-refractivity contribution is 6.31. The van der Waals surface area contributed by atoms with Gasteiger partial charge in [-0.2, -0.15) is 0 Å². The van der Waals surface area contributed by atoms with Crippen LogP contribution in [-0.2, 0) is 0 Å². The van der Waals surface area contributed by atoms with Crippen molar-refractivity contribution in [3.8, 4) is 0 Å². The molecule has 0 aliphatic heterocycles. The molecule has 1 N–H and O–H groups in total. The summed E-state index contributed by atoms with van der Waals surface area (Å²) in [6, 6.07) is 0. The van der Waals surface area contributed by atoms with Crippen LogP contribution in [0, 0.1) is 0 Å². The molecule has 0 heterocycles. The minimum Gasteiger partial charge on any atom is -0.509 e. The third-order valence-electron chi connectivity index (χ3n) is 1.01. The van der Waals surface area contributed by atoms with Gasteiger partial charge < -0.3 is 5.11 Å². The van der Waals surface area contributed by atoms with E-state index in [0.717, 1.165) is 5.57 Å². The maximum Gasteiger partial charge on any atom is 0.108 e. The largest absolute Gasteiger partial charge is 0.509 e. The molecule has 56 valence electrons. The SMILES string of the molecule is C=C(O)/C=C(C)\C(Cl)=C/C. The monoisotopic (exact) mass is 158 g/mol. The third kappa shape index (κ3) is 3.36. The van der Waals surface area contributed by atoms with Crippen LogP contribution in [0.15, 0.2) is 35.1 Å². The van der Waals surface area contributed by atoms with Crippen molar-refractivity contribution < 1.29 is 5.11 Å². The van der Waals surface area contributed by atoms with Gasteiger partial charge in [0.05, 0.1) is 0 Å².